The Hall–Kier alpha value is -4.59. The Labute approximate surface area is 222 Å². The number of benzene rings is 3. The molecule has 38 heavy (non-hydrogen) atoms. The molecule has 1 atom stereocenters. The third kappa shape index (κ3) is 4.85. The summed E-state index contributed by atoms with van der Waals surface area (Å²) in [4.78, 5) is 41.7. The van der Waals surface area contributed by atoms with Crippen LogP contribution in [-0.4, -0.2) is 43.9 Å². The number of amides is 2. The molecule has 1 aliphatic rings. The number of aliphatic hydroxyl groups is 1. The number of hydrogen-bond acceptors (Lipinski definition) is 6. The molecular weight excluding hydrogens is 482 g/mol. The number of Topliss-reactive ketones (excluding diaryl/α,β-unsaturated/α-hetero) is 1. The molecule has 0 spiro atoms. The van der Waals surface area contributed by atoms with E-state index in [1.54, 1.807) is 43.5 Å². The summed E-state index contributed by atoms with van der Waals surface area (Å²) in [5.74, 6) is -1.32. The highest BCUT2D eigenvalue weighted by Crippen LogP contribution is 2.43. The average Bonchev–Trinajstić information content (AvgIpc) is 3.15. The van der Waals surface area contributed by atoms with Crippen LogP contribution >= 0.6 is 0 Å². The highest BCUT2D eigenvalue weighted by Gasteiger charge is 2.47. The number of carbonyl (C=O) groups is 3. The lowest BCUT2D eigenvalue weighted by Gasteiger charge is -2.26. The normalized spacial score (nSPS) is 16.5. The van der Waals surface area contributed by atoms with Crippen molar-refractivity contribution in [2.24, 2.45) is 0 Å². The van der Waals surface area contributed by atoms with Gasteiger partial charge in [0.15, 0.2) is 0 Å². The molecule has 1 saturated heterocycles. The summed E-state index contributed by atoms with van der Waals surface area (Å²) in [5.41, 5.74) is 4.60. The number of rotatable bonds is 6. The van der Waals surface area contributed by atoms with Crippen LogP contribution in [0.25, 0.3) is 5.76 Å². The zero-order valence-electron chi connectivity index (χ0n) is 22.3. The van der Waals surface area contributed by atoms with Crippen molar-refractivity contribution in [2.75, 3.05) is 36.3 Å². The molecule has 8 heteroatoms. The monoisotopic (exact) mass is 513 g/mol. The van der Waals surface area contributed by atoms with Gasteiger partial charge in [0.2, 0.25) is 5.91 Å². The number of ether oxygens (including phenoxy) is 1. The van der Waals surface area contributed by atoms with Gasteiger partial charge in [-0.25, -0.2) is 0 Å². The molecule has 1 fully saturated rings. The molecule has 2 N–H and O–H groups in total. The minimum atomic E-state index is -0.861. The fourth-order valence-corrected chi connectivity index (χ4v) is 4.69. The number of carbonyl (C=O) groups excluding carboxylic acids is 3. The highest BCUT2D eigenvalue weighted by molar-refractivity contribution is 6.51. The van der Waals surface area contributed by atoms with Gasteiger partial charge in [0.05, 0.1) is 18.7 Å². The Morgan fingerprint density at radius 2 is 1.61 bits per heavy atom. The second-order valence-corrected chi connectivity index (χ2v) is 9.52. The number of aliphatic hydroxyl groups excluding tert-OH is 1. The minimum absolute atomic E-state index is 0.00575. The van der Waals surface area contributed by atoms with Crippen LogP contribution in [0.15, 0.2) is 66.2 Å². The Bertz CT molecular complexity index is 1440. The molecule has 8 nitrogen and oxygen atoms in total. The molecule has 0 saturated carbocycles. The molecule has 1 unspecified atom stereocenters. The SMILES string of the molecule is COc1cc(C)c(/C(O)=C2\C(=O)C(=O)N(c3ccc(NC(C)=O)cc3)C2c2ccc(N(C)C)cc2)cc1C. The molecule has 196 valence electrons. The Balaban J connectivity index is 1.91. The number of methoxy groups -OCH3 is 1. The maximum Gasteiger partial charge on any atom is 0.300 e. The number of aryl methyl sites for hydroxylation is 2. The maximum atomic E-state index is 13.5. The Morgan fingerprint density at radius 1 is 0.974 bits per heavy atom. The third-order valence-electron chi connectivity index (χ3n) is 6.63. The molecular formula is C30H31N3O5. The van der Waals surface area contributed by atoms with Gasteiger partial charge in [-0.2, -0.15) is 0 Å². The van der Waals surface area contributed by atoms with Crippen molar-refractivity contribution >= 4 is 40.4 Å². The first-order valence-electron chi connectivity index (χ1n) is 12.1. The molecule has 0 aliphatic carbocycles. The molecule has 3 aromatic carbocycles. The Morgan fingerprint density at radius 3 is 2.16 bits per heavy atom. The van der Waals surface area contributed by atoms with Crippen molar-refractivity contribution in [1.82, 2.24) is 0 Å². The molecule has 4 rings (SSSR count). The topological polar surface area (TPSA) is 99.2 Å². The first-order valence-corrected chi connectivity index (χ1v) is 12.1. The van der Waals surface area contributed by atoms with Gasteiger partial charge in [0, 0.05) is 43.6 Å². The van der Waals surface area contributed by atoms with Crippen LogP contribution in [0.2, 0.25) is 0 Å². The largest absolute Gasteiger partial charge is 0.507 e. The quantitative estimate of drug-likeness (QED) is 0.275. The summed E-state index contributed by atoms with van der Waals surface area (Å²) >= 11 is 0. The third-order valence-corrected chi connectivity index (χ3v) is 6.63. The summed E-state index contributed by atoms with van der Waals surface area (Å²) in [6.45, 7) is 5.07. The average molecular weight is 514 g/mol. The predicted octanol–water partition coefficient (Wildman–Crippen LogP) is 4.96. The number of anilines is 3. The standard InChI is InChI=1S/C30H31N3O5/c1-17-16-25(38-6)18(2)15-24(17)28(35)26-27(20-7-11-22(12-8-20)32(4)5)33(30(37)29(26)36)23-13-9-21(10-14-23)31-19(3)34/h7-16,27,35H,1-6H3,(H,31,34)/b28-26+. The lowest BCUT2D eigenvalue weighted by atomic mass is 9.92. The predicted molar refractivity (Wildman–Crippen MR) is 149 cm³/mol. The van der Waals surface area contributed by atoms with E-state index in [2.05, 4.69) is 5.32 Å². The van der Waals surface area contributed by atoms with E-state index in [-0.39, 0.29) is 17.2 Å². The van der Waals surface area contributed by atoms with Crippen molar-refractivity contribution in [1.29, 1.82) is 0 Å². The van der Waals surface area contributed by atoms with Crippen LogP contribution in [0.1, 0.15) is 35.2 Å². The van der Waals surface area contributed by atoms with E-state index in [1.165, 1.54) is 11.8 Å². The number of nitrogens with zero attached hydrogens (tertiary/aromatic N) is 2. The van der Waals surface area contributed by atoms with Crippen molar-refractivity contribution < 1.29 is 24.2 Å². The van der Waals surface area contributed by atoms with Gasteiger partial charge in [-0.1, -0.05) is 12.1 Å². The minimum Gasteiger partial charge on any atom is -0.507 e. The second kappa shape index (κ2) is 10.4. The van der Waals surface area contributed by atoms with Gasteiger partial charge in [-0.05, 0) is 79.1 Å². The van der Waals surface area contributed by atoms with Crippen molar-refractivity contribution in [3.05, 3.63) is 88.5 Å². The number of hydrogen-bond donors (Lipinski definition) is 2. The van der Waals surface area contributed by atoms with Crippen LogP contribution in [-0.2, 0) is 14.4 Å². The molecule has 0 aromatic heterocycles. The van der Waals surface area contributed by atoms with E-state index in [0.29, 0.717) is 33.8 Å². The van der Waals surface area contributed by atoms with Crippen LogP contribution in [0.5, 0.6) is 5.75 Å². The zero-order valence-corrected chi connectivity index (χ0v) is 22.3. The second-order valence-electron chi connectivity index (χ2n) is 9.52. The lowest BCUT2D eigenvalue weighted by molar-refractivity contribution is -0.132. The van der Waals surface area contributed by atoms with Crippen LogP contribution in [0.3, 0.4) is 0 Å². The van der Waals surface area contributed by atoms with Gasteiger partial charge < -0.3 is 20.1 Å². The van der Waals surface area contributed by atoms with E-state index in [4.69, 9.17) is 4.74 Å². The summed E-state index contributed by atoms with van der Waals surface area (Å²) in [6.07, 6.45) is 0. The van der Waals surface area contributed by atoms with Gasteiger partial charge in [-0.3, -0.25) is 19.3 Å². The number of ketones is 1. The molecule has 2 amide bonds. The van der Waals surface area contributed by atoms with Crippen LogP contribution in [0.4, 0.5) is 17.1 Å². The lowest BCUT2D eigenvalue weighted by Crippen LogP contribution is -2.29. The zero-order chi connectivity index (χ0) is 27.7. The smallest absolute Gasteiger partial charge is 0.300 e. The fraction of sp³-hybridized carbons (Fsp3) is 0.233. The van der Waals surface area contributed by atoms with E-state index >= 15 is 0 Å². The van der Waals surface area contributed by atoms with Crippen LogP contribution in [0, 0.1) is 13.8 Å². The Kier molecular flexibility index (Phi) is 7.26. The first-order chi connectivity index (χ1) is 18.0. The van der Waals surface area contributed by atoms with E-state index in [1.807, 2.05) is 57.1 Å². The van der Waals surface area contributed by atoms with Crippen molar-refractivity contribution in [2.45, 2.75) is 26.8 Å². The maximum absolute atomic E-state index is 13.5. The summed E-state index contributed by atoms with van der Waals surface area (Å²) < 4.78 is 5.40. The van der Waals surface area contributed by atoms with Gasteiger partial charge >= 0.3 is 0 Å². The summed E-state index contributed by atoms with van der Waals surface area (Å²) in [5, 5.41) is 14.2. The first kappa shape index (κ1) is 26.5. The molecule has 0 radical (unpaired) electrons. The van der Waals surface area contributed by atoms with Crippen molar-refractivity contribution in [3.8, 4) is 5.75 Å². The molecule has 1 heterocycles. The molecule has 0 bridgehead atoms. The van der Waals surface area contributed by atoms with Crippen LogP contribution < -0.4 is 19.9 Å². The van der Waals surface area contributed by atoms with E-state index in [0.717, 1.165) is 11.3 Å². The molecule has 1 aliphatic heterocycles. The van der Waals surface area contributed by atoms with Crippen molar-refractivity contribution in [3.63, 3.8) is 0 Å². The van der Waals surface area contributed by atoms with E-state index < -0.39 is 17.7 Å². The fourth-order valence-electron chi connectivity index (χ4n) is 4.69. The summed E-state index contributed by atoms with van der Waals surface area (Å²) in [7, 11) is 5.42. The van der Waals surface area contributed by atoms with Gasteiger partial charge in [0.25, 0.3) is 11.7 Å². The van der Waals surface area contributed by atoms with Gasteiger partial charge in [-0.15, -0.1) is 0 Å². The molecule has 3 aromatic rings. The highest BCUT2D eigenvalue weighted by atomic mass is 16.5. The number of nitrogens with one attached hydrogen (secondary N) is 1. The van der Waals surface area contributed by atoms with Gasteiger partial charge in [0.1, 0.15) is 11.5 Å². The van der Waals surface area contributed by atoms with E-state index in [9.17, 15) is 19.5 Å². The summed E-state index contributed by atoms with van der Waals surface area (Å²) in [6, 6.07) is 16.9.